The Morgan fingerprint density at radius 3 is 2.48 bits per heavy atom. The zero-order valence-electron chi connectivity index (χ0n) is 13.4. The molecule has 118 valence electrons. The zero-order chi connectivity index (χ0) is 16.2. The van der Waals surface area contributed by atoms with Crippen molar-refractivity contribution in [1.29, 1.82) is 0 Å². The van der Waals surface area contributed by atoms with Gasteiger partial charge in [0.25, 0.3) is 0 Å². The fourth-order valence-electron chi connectivity index (χ4n) is 3.07. The standard InChI is InChI=1S/C20H21NO2/c1-21(18-8-3-2-4-9-18)20(23)13-12-19(22)17-11-10-15-6-5-7-16(15)14-17/h2-4,8-11,14H,5-7,12-13H2,1H3. The molecule has 0 spiro atoms. The van der Waals surface area contributed by atoms with Crippen LogP contribution in [0.5, 0.6) is 0 Å². The van der Waals surface area contributed by atoms with Crippen molar-refractivity contribution in [2.75, 3.05) is 11.9 Å². The predicted octanol–water partition coefficient (Wildman–Crippen LogP) is 3.80. The fourth-order valence-corrected chi connectivity index (χ4v) is 3.07. The van der Waals surface area contributed by atoms with Crippen molar-refractivity contribution in [1.82, 2.24) is 0 Å². The van der Waals surface area contributed by atoms with E-state index in [4.69, 9.17) is 0 Å². The van der Waals surface area contributed by atoms with Crippen molar-refractivity contribution < 1.29 is 9.59 Å². The topological polar surface area (TPSA) is 37.4 Å². The van der Waals surface area contributed by atoms with Crippen LogP contribution >= 0.6 is 0 Å². The number of fused-ring (bicyclic) bond motifs is 1. The lowest BCUT2D eigenvalue weighted by molar-refractivity contribution is -0.118. The highest BCUT2D eigenvalue weighted by molar-refractivity contribution is 6.00. The maximum atomic E-state index is 12.3. The van der Waals surface area contributed by atoms with Gasteiger partial charge < -0.3 is 4.90 Å². The molecule has 3 nitrogen and oxygen atoms in total. The molecule has 0 aliphatic heterocycles. The van der Waals surface area contributed by atoms with E-state index in [1.165, 1.54) is 17.5 Å². The van der Waals surface area contributed by atoms with Crippen LogP contribution in [-0.4, -0.2) is 18.7 Å². The third kappa shape index (κ3) is 3.50. The molecule has 1 amide bonds. The summed E-state index contributed by atoms with van der Waals surface area (Å²) in [6, 6.07) is 15.5. The Hall–Kier alpha value is -2.42. The molecule has 2 aromatic rings. The summed E-state index contributed by atoms with van der Waals surface area (Å²) in [6.07, 6.45) is 3.85. The molecule has 0 bridgehead atoms. The van der Waals surface area contributed by atoms with Gasteiger partial charge in [0.15, 0.2) is 5.78 Å². The lowest BCUT2D eigenvalue weighted by Gasteiger charge is -2.17. The first-order valence-corrected chi connectivity index (χ1v) is 8.12. The van der Waals surface area contributed by atoms with E-state index >= 15 is 0 Å². The monoisotopic (exact) mass is 307 g/mol. The minimum absolute atomic E-state index is 0.0364. The molecular weight excluding hydrogens is 286 g/mol. The van der Waals surface area contributed by atoms with Crippen molar-refractivity contribution in [2.24, 2.45) is 0 Å². The molecule has 3 rings (SSSR count). The van der Waals surface area contributed by atoms with Gasteiger partial charge >= 0.3 is 0 Å². The largest absolute Gasteiger partial charge is 0.315 e. The highest BCUT2D eigenvalue weighted by Crippen LogP contribution is 2.23. The molecule has 0 saturated carbocycles. The van der Waals surface area contributed by atoms with Crippen LogP contribution in [0.3, 0.4) is 0 Å². The molecule has 1 aliphatic rings. The summed E-state index contributed by atoms with van der Waals surface area (Å²) in [5, 5.41) is 0. The van der Waals surface area contributed by atoms with Gasteiger partial charge in [-0.2, -0.15) is 0 Å². The number of carbonyl (C=O) groups is 2. The molecule has 0 saturated heterocycles. The van der Waals surface area contributed by atoms with Crippen molar-refractivity contribution in [3.63, 3.8) is 0 Å². The highest BCUT2D eigenvalue weighted by atomic mass is 16.2. The number of hydrogen-bond donors (Lipinski definition) is 0. The summed E-state index contributed by atoms with van der Waals surface area (Å²) in [5.41, 5.74) is 4.24. The molecule has 2 aromatic carbocycles. The molecule has 23 heavy (non-hydrogen) atoms. The number of aryl methyl sites for hydroxylation is 2. The number of benzene rings is 2. The van der Waals surface area contributed by atoms with Crippen LogP contribution < -0.4 is 4.90 Å². The van der Waals surface area contributed by atoms with Crippen molar-refractivity contribution in [3.8, 4) is 0 Å². The molecule has 0 atom stereocenters. The van der Waals surface area contributed by atoms with E-state index in [2.05, 4.69) is 6.07 Å². The second-order valence-corrected chi connectivity index (χ2v) is 6.05. The molecule has 3 heteroatoms. The van der Waals surface area contributed by atoms with Crippen LogP contribution in [0.15, 0.2) is 48.5 Å². The Bertz CT molecular complexity index is 722. The van der Waals surface area contributed by atoms with Crippen LogP contribution in [0.2, 0.25) is 0 Å². The SMILES string of the molecule is CN(C(=O)CCC(=O)c1ccc2c(c1)CCC2)c1ccccc1. The average Bonchev–Trinajstić information content (AvgIpc) is 3.07. The van der Waals surface area contributed by atoms with Gasteiger partial charge in [-0.25, -0.2) is 0 Å². The smallest absolute Gasteiger partial charge is 0.227 e. The highest BCUT2D eigenvalue weighted by Gasteiger charge is 2.16. The van der Waals surface area contributed by atoms with E-state index in [0.717, 1.165) is 24.1 Å². The maximum absolute atomic E-state index is 12.3. The summed E-state index contributed by atoms with van der Waals surface area (Å²) >= 11 is 0. The number of Topliss-reactive ketones (excluding diaryl/α,β-unsaturated/α-hetero) is 1. The van der Waals surface area contributed by atoms with E-state index in [1.807, 2.05) is 42.5 Å². The number of para-hydroxylation sites is 1. The second kappa shape index (κ2) is 6.78. The number of rotatable bonds is 5. The van der Waals surface area contributed by atoms with Gasteiger partial charge in [0.05, 0.1) is 0 Å². The number of hydrogen-bond acceptors (Lipinski definition) is 2. The summed E-state index contributed by atoms with van der Waals surface area (Å²) in [5.74, 6) is 0.0141. The summed E-state index contributed by atoms with van der Waals surface area (Å²) in [6.45, 7) is 0. The van der Waals surface area contributed by atoms with E-state index in [9.17, 15) is 9.59 Å². The Morgan fingerprint density at radius 2 is 1.70 bits per heavy atom. The van der Waals surface area contributed by atoms with Gasteiger partial charge in [0.1, 0.15) is 0 Å². The molecular formula is C20H21NO2. The molecule has 0 radical (unpaired) electrons. The number of carbonyl (C=O) groups excluding carboxylic acids is 2. The van der Waals surface area contributed by atoms with Gasteiger partial charge in [-0.1, -0.05) is 30.3 Å². The Morgan fingerprint density at radius 1 is 0.957 bits per heavy atom. The van der Waals surface area contributed by atoms with Gasteiger partial charge in [-0.05, 0) is 48.6 Å². The molecule has 0 aromatic heterocycles. The Kier molecular flexibility index (Phi) is 4.56. The van der Waals surface area contributed by atoms with Crippen LogP contribution in [-0.2, 0) is 17.6 Å². The van der Waals surface area contributed by atoms with Gasteiger partial charge in [-0.15, -0.1) is 0 Å². The van der Waals surface area contributed by atoms with E-state index < -0.39 is 0 Å². The molecule has 0 heterocycles. The zero-order valence-corrected chi connectivity index (χ0v) is 13.4. The Balaban J connectivity index is 1.59. The van der Waals surface area contributed by atoms with Crippen molar-refractivity contribution in [3.05, 3.63) is 65.2 Å². The van der Waals surface area contributed by atoms with Crippen LogP contribution in [0.25, 0.3) is 0 Å². The van der Waals surface area contributed by atoms with Crippen LogP contribution in [0.4, 0.5) is 5.69 Å². The van der Waals surface area contributed by atoms with Crippen LogP contribution in [0.1, 0.15) is 40.7 Å². The number of ketones is 1. The predicted molar refractivity (Wildman–Crippen MR) is 91.9 cm³/mol. The normalized spacial score (nSPS) is 12.7. The maximum Gasteiger partial charge on any atom is 0.227 e. The summed E-state index contributed by atoms with van der Waals surface area (Å²) < 4.78 is 0. The molecule has 0 unspecified atom stereocenters. The minimum Gasteiger partial charge on any atom is -0.315 e. The average molecular weight is 307 g/mol. The molecule has 1 aliphatic carbocycles. The van der Waals surface area contributed by atoms with E-state index in [-0.39, 0.29) is 24.5 Å². The first-order valence-electron chi connectivity index (χ1n) is 8.12. The van der Waals surface area contributed by atoms with Gasteiger partial charge in [0, 0.05) is 31.1 Å². The van der Waals surface area contributed by atoms with Crippen LogP contribution in [0, 0.1) is 0 Å². The van der Waals surface area contributed by atoms with E-state index in [0.29, 0.717) is 0 Å². The van der Waals surface area contributed by atoms with Gasteiger partial charge in [-0.3, -0.25) is 9.59 Å². The lowest BCUT2D eigenvalue weighted by atomic mass is 10.0. The first kappa shape index (κ1) is 15.5. The third-order valence-electron chi connectivity index (χ3n) is 4.50. The molecule has 0 N–H and O–H groups in total. The van der Waals surface area contributed by atoms with Crippen molar-refractivity contribution in [2.45, 2.75) is 32.1 Å². The lowest BCUT2D eigenvalue weighted by Crippen LogP contribution is -2.26. The fraction of sp³-hybridized carbons (Fsp3) is 0.300. The quantitative estimate of drug-likeness (QED) is 0.788. The van der Waals surface area contributed by atoms with Gasteiger partial charge in [0.2, 0.25) is 5.91 Å². The number of amides is 1. The first-order chi connectivity index (χ1) is 11.1. The molecule has 0 fully saturated rings. The Labute approximate surface area is 136 Å². The summed E-state index contributed by atoms with van der Waals surface area (Å²) in [4.78, 5) is 26.2. The summed E-state index contributed by atoms with van der Waals surface area (Å²) in [7, 11) is 1.75. The number of anilines is 1. The van der Waals surface area contributed by atoms with E-state index in [1.54, 1.807) is 11.9 Å². The number of nitrogens with zero attached hydrogens (tertiary/aromatic N) is 1. The van der Waals surface area contributed by atoms with Crippen molar-refractivity contribution >= 4 is 17.4 Å². The minimum atomic E-state index is -0.0364. The third-order valence-corrected chi connectivity index (χ3v) is 4.50. The second-order valence-electron chi connectivity index (χ2n) is 6.05.